The molecule has 0 N–H and O–H groups in total. The van der Waals surface area contributed by atoms with Gasteiger partial charge in [0.1, 0.15) is 0 Å². The monoisotopic (exact) mass is 350 g/mol. The lowest BCUT2D eigenvalue weighted by Gasteiger charge is -2.37. The summed E-state index contributed by atoms with van der Waals surface area (Å²) in [5.74, 6) is 3.60. The quantitative estimate of drug-likeness (QED) is 0.339. The van der Waals surface area contributed by atoms with Crippen LogP contribution in [0.1, 0.15) is 104 Å². The molecule has 0 heterocycles. The van der Waals surface area contributed by atoms with E-state index in [1.165, 1.54) is 64.2 Å². The molecular formula is C23H42O2. The maximum atomic E-state index is 12.2. The van der Waals surface area contributed by atoms with Crippen molar-refractivity contribution in [2.75, 3.05) is 6.61 Å². The normalized spacial score (nSPS) is 31.5. The van der Waals surface area contributed by atoms with Gasteiger partial charge in [-0.15, -0.1) is 0 Å². The highest BCUT2D eigenvalue weighted by atomic mass is 16.5. The van der Waals surface area contributed by atoms with Gasteiger partial charge in [-0.25, -0.2) is 0 Å². The number of hydrogen-bond donors (Lipinski definition) is 0. The van der Waals surface area contributed by atoms with Crippen molar-refractivity contribution in [3.8, 4) is 0 Å². The molecule has 0 unspecified atom stereocenters. The van der Waals surface area contributed by atoms with Crippen molar-refractivity contribution in [2.45, 2.75) is 104 Å². The summed E-state index contributed by atoms with van der Waals surface area (Å²) < 4.78 is 5.54. The molecule has 146 valence electrons. The Hall–Kier alpha value is -0.530. The molecule has 0 aliphatic heterocycles. The van der Waals surface area contributed by atoms with Crippen molar-refractivity contribution in [1.29, 1.82) is 0 Å². The van der Waals surface area contributed by atoms with E-state index in [4.69, 9.17) is 4.74 Å². The fourth-order valence-electron chi connectivity index (χ4n) is 4.92. The van der Waals surface area contributed by atoms with Crippen molar-refractivity contribution >= 4 is 5.97 Å². The Morgan fingerprint density at radius 3 is 2.08 bits per heavy atom. The van der Waals surface area contributed by atoms with E-state index < -0.39 is 0 Å². The topological polar surface area (TPSA) is 26.3 Å². The number of hydrogen-bond acceptors (Lipinski definition) is 2. The Balaban J connectivity index is 1.63. The maximum absolute atomic E-state index is 12.2. The van der Waals surface area contributed by atoms with Crippen LogP contribution in [0.4, 0.5) is 0 Å². The predicted octanol–water partition coefficient (Wildman–Crippen LogP) is 6.77. The van der Waals surface area contributed by atoms with E-state index in [0.29, 0.717) is 12.5 Å². The summed E-state index contributed by atoms with van der Waals surface area (Å²) >= 11 is 0. The Bertz CT molecular complexity index is 362. The molecule has 0 spiro atoms. The third kappa shape index (κ3) is 6.94. The first-order chi connectivity index (χ1) is 12.1. The summed E-state index contributed by atoms with van der Waals surface area (Å²) in [6.45, 7) is 7.22. The van der Waals surface area contributed by atoms with Gasteiger partial charge >= 0.3 is 5.97 Å². The summed E-state index contributed by atoms with van der Waals surface area (Å²) in [6.07, 6.45) is 17.2. The van der Waals surface area contributed by atoms with Crippen molar-refractivity contribution < 1.29 is 9.53 Å². The molecule has 2 aliphatic rings. The highest BCUT2D eigenvalue weighted by Crippen LogP contribution is 2.42. The lowest BCUT2D eigenvalue weighted by atomic mass is 9.68. The molecule has 0 saturated heterocycles. The average Bonchev–Trinajstić information content (AvgIpc) is 2.66. The van der Waals surface area contributed by atoms with Crippen LogP contribution in [0.5, 0.6) is 0 Å². The summed E-state index contributed by atoms with van der Waals surface area (Å²) in [7, 11) is 0. The minimum Gasteiger partial charge on any atom is -0.465 e. The number of rotatable bonds is 9. The molecular weight excluding hydrogens is 308 g/mol. The minimum atomic E-state index is 0.0818. The van der Waals surface area contributed by atoms with E-state index in [-0.39, 0.29) is 11.9 Å². The lowest BCUT2D eigenvalue weighted by molar-refractivity contribution is -0.151. The molecule has 0 radical (unpaired) electrons. The van der Waals surface area contributed by atoms with Crippen LogP contribution in [0, 0.1) is 29.6 Å². The van der Waals surface area contributed by atoms with Gasteiger partial charge in [-0.2, -0.15) is 0 Å². The minimum absolute atomic E-state index is 0.0818. The Morgan fingerprint density at radius 2 is 1.52 bits per heavy atom. The Morgan fingerprint density at radius 1 is 0.920 bits per heavy atom. The Kier molecular flexibility index (Phi) is 9.34. The molecule has 0 aromatic heterocycles. The van der Waals surface area contributed by atoms with Gasteiger partial charge in [-0.05, 0) is 62.2 Å². The third-order valence-electron chi connectivity index (χ3n) is 7.09. The summed E-state index contributed by atoms with van der Waals surface area (Å²) in [5.41, 5.74) is 0. The standard InChI is InChI=1S/C23H42O2/c1-4-6-7-8-19-9-11-20(12-10-19)21-13-15-22(16-14-21)23(24)25-17-18(3)5-2/h18-22H,4-17H2,1-3H3/t18-,19?,20?,21?,22?/m0/s1. The molecule has 2 fully saturated rings. The molecule has 0 bridgehead atoms. The number of esters is 1. The van der Waals surface area contributed by atoms with E-state index in [1.54, 1.807) is 0 Å². The van der Waals surface area contributed by atoms with Crippen LogP contribution >= 0.6 is 0 Å². The van der Waals surface area contributed by atoms with Gasteiger partial charge in [0.2, 0.25) is 0 Å². The molecule has 2 rings (SSSR count). The number of carbonyl (C=O) groups excluding carboxylic acids is 1. The second-order valence-corrected chi connectivity index (χ2v) is 9.03. The van der Waals surface area contributed by atoms with Crippen LogP contribution in [-0.2, 0) is 9.53 Å². The molecule has 25 heavy (non-hydrogen) atoms. The zero-order chi connectivity index (χ0) is 18.1. The summed E-state index contributed by atoms with van der Waals surface area (Å²) in [5, 5.41) is 0. The first-order valence-electron chi connectivity index (χ1n) is 11.3. The fraction of sp³-hybridized carbons (Fsp3) is 0.957. The third-order valence-corrected chi connectivity index (χ3v) is 7.09. The van der Waals surface area contributed by atoms with Crippen LogP contribution in [0.3, 0.4) is 0 Å². The van der Waals surface area contributed by atoms with E-state index in [9.17, 15) is 4.79 Å². The summed E-state index contributed by atoms with van der Waals surface area (Å²) in [4.78, 5) is 12.2. The number of unbranched alkanes of at least 4 members (excludes halogenated alkanes) is 2. The van der Waals surface area contributed by atoms with Crippen LogP contribution in [-0.4, -0.2) is 12.6 Å². The van der Waals surface area contributed by atoms with Crippen LogP contribution in [0.2, 0.25) is 0 Å². The zero-order valence-corrected chi connectivity index (χ0v) is 17.1. The molecule has 0 amide bonds. The van der Waals surface area contributed by atoms with Crippen LogP contribution in [0.15, 0.2) is 0 Å². The van der Waals surface area contributed by atoms with E-state index in [1.807, 2.05) is 0 Å². The van der Waals surface area contributed by atoms with Crippen LogP contribution < -0.4 is 0 Å². The highest BCUT2D eigenvalue weighted by molar-refractivity contribution is 5.72. The molecule has 2 nitrogen and oxygen atoms in total. The van der Waals surface area contributed by atoms with Gasteiger partial charge < -0.3 is 4.74 Å². The van der Waals surface area contributed by atoms with Gasteiger partial charge in [0.15, 0.2) is 0 Å². The smallest absolute Gasteiger partial charge is 0.308 e. The van der Waals surface area contributed by atoms with Crippen molar-refractivity contribution in [3.63, 3.8) is 0 Å². The Labute approximate surface area is 156 Å². The van der Waals surface area contributed by atoms with E-state index >= 15 is 0 Å². The zero-order valence-electron chi connectivity index (χ0n) is 17.1. The van der Waals surface area contributed by atoms with Gasteiger partial charge in [-0.1, -0.05) is 65.7 Å². The number of carbonyl (C=O) groups is 1. The van der Waals surface area contributed by atoms with E-state index in [0.717, 1.165) is 37.0 Å². The van der Waals surface area contributed by atoms with Crippen molar-refractivity contribution in [1.82, 2.24) is 0 Å². The second kappa shape index (κ2) is 11.2. The lowest BCUT2D eigenvalue weighted by Crippen LogP contribution is -2.29. The molecule has 0 aromatic rings. The van der Waals surface area contributed by atoms with Gasteiger partial charge in [-0.3, -0.25) is 4.79 Å². The molecule has 2 heteroatoms. The molecule has 2 aliphatic carbocycles. The first kappa shape index (κ1) is 20.8. The molecule has 0 aromatic carbocycles. The first-order valence-corrected chi connectivity index (χ1v) is 11.3. The van der Waals surface area contributed by atoms with Gasteiger partial charge in [0.25, 0.3) is 0 Å². The van der Waals surface area contributed by atoms with Crippen molar-refractivity contribution in [3.05, 3.63) is 0 Å². The largest absolute Gasteiger partial charge is 0.465 e. The highest BCUT2D eigenvalue weighted by Gasteiger charge is 2.33. The maximum Gasteiger partial charge on any atom is 0.308 e. The van der Waals surface area contributed by atoms with E-state index in [2.05, 4.69) is 20.8 Å². The SMILES string of the molecule is CCCCCC1CCC(C2CCC(C(=O)OC[C@@H](C)CC)CC2)CC1. The predicted molar refractivity (Wildman–Crippen MR) is 105 cm³/mol. The van der Waals surface area contributed by atoms with Gasteiger partial charge in [0, 0.05) is 0 Å². The molecule has 1 atom stereocenters. The van der Waals surface area contributed by atoms with Crippen molar-refractivity contribution in [2.24, 2.45) is 29.6 Å². The average molecular weight is 351 g/mol. The second-order valence-electron chi connectivity index (χ2n) is 9.03. The number of ether oxygens (including phenoxy) is 1. The fourth-order valence-corrected chi connectivity index (χ4v) is 4.92. The summed E-state index contributed by atoms with van der Waals surface area (Å²) in [6, 6.07) is 0. The molecule has 2 saturated carbocycles. The van der Waals surface area contributed by atoms with Gasteiger partial charge in [0.05, 0.1) is 12.5 Å². The van der Waals surface area contributed by atoms with Crippen LogP contribution in [0.25, 0.3) is 0 Å².